The lowest BCUT2D eigenvalue weighted by Gasteiger charge is -2.19. The van der Waals surface area contributed by atoms with Gasteiger partial charge in [-0.2, -0.15) is 0 Å². The molecule has 0 radical (unpaired) electrons. The number of nitrogens with zero attached hydrogens (tertiary/aromatic N) is 1. The van der Waals surface area contributed by atoms with Gasteiger partial charge in [-0.3, -0.25) is 10.6 Å². The highest BCUT2D eigenvalue weighted by atomic mass is 79.9. The highest BCUT2D eigenvalue weighted by molar-refractivity contribution is 9.10. The topological polar surface area (TPSA) is 58.4 Å². The zero-order chi connectivity index (χ0) is 14.5. The number of halogens is 1. The van der Waals surface area contributed by atoms with Crippen LogP contribution in [-0.2, 0) is 6.54 Å². The molecular weight excluding hydrogens is 318 g/mol. The third kappa shape index (κ3) is 3.37. The molecule has 0 spiro atoms. The Morgan fingerprint density at radius 1 is 1.25 bits per heavy atom. The van der Waals surface area contributed by atoms with Crippen LogP contribution in [0.3, 0.4) is 0 Å². The Balaban J connectivity index is 2.16. The second-order valence-corrected chi connectivity index (χ2v) is 5.40. The number of hydrogen-bond acceptors (Lipinski definition) is 3. The highest BCUT2D eigenvalue weighted by Crippen LogP contribution is 2.18. The number of hydrazine groups is 1. The van der Waals surface area contributed by atoms with Crippen LogP contribution in [-0.4, -0.2) is 17.9 Å². The van der Waals surface area contributed by atoms with Crippen LogP contribution in [0.15, 0.2) is 53.0 Å². The van der Waals surface area contributed by atoms with Crippen molar-refractivity contribution in [2.24, 2.45) is 5.84 Å². The molecule has 0 saturated heterocycles. The number of para-hydroxylation sites is 1. The summed E-state index contributed by atoms with van der Waals surface area (Å²) in [5.74, 6) is 5.36. The molecule has 104 valence electrons. The number of rotatable bonds is 4. The molecule has 2 rings (SSSR count). The van der Waals surface area contributed by atoms with Crippen molar-refractivity contribution >= 4 is 27.5 Å². The molecular formula is C15H16BrN3O. The fourth-order valence-corrected chi connectivity index (χ4v) is 2.43. The van der Waals surface area contributed by atoms with Crippen molar-refractivity contribution < 1.29 is 4.79 Å². The Bertz CT molecular complexity index is 616. The fraction of sp³-hybridized carbons (Fsp3) is 0.133. The van der Waals surface area contributed by atoms with Crippen LogP contribution in [0.2, 0.25) is 0 Å². The van der Waals surface area contributed by atoms with E-state index in [1.807, 2.05) is 36.4 Å². The Hall–Kier alpha value is -1.85. The van der Waals surface area contributed by atoms with E-state index in [9.17, 15) is 4.79 Å². The largest absolute Gasteiger partial charge is 0.337 e. The van der Waals surface area contributed by atoms with Crippen molar-refractivity contribution in [2.45, 2.75) is 6.54 Å². The lowest BCUT2D eigenvalue weighted by atomic mass is 10.1. The first-order valence-corrected chi connectivity index (χ1v) is 6.96. The molecule has 0 unspecified atom stereocenters. The van der Waals surface area contributed by atoms with Gasteiger partial charge in [-0.25, -0.2) is 0 Å². The first-order valence-electron chi connectivity index (χ1n) is 6.17. The van der Waals surface area contributed by atoms with E-state index in [4.69, 9.17) is 5.84 Å². The standard InChI is InChI=1S/C15H16BrN3O/c1-19(10-11-5-4-6-12(16)9-11)15(20)13-7-2-3-8-14(13)18-17/h2-9,18H,10,17H2,1H3. The molecule has 20 heavy (non-hydrogen) atoms. The number of hydrogen-bond donors (Lipinski definition) is 2. The highest BCUT2D eigenvalue weighted by Gasteiger charge is 2.15. The van der Waals surface area contributed by atoms with E-state index in [2.05, 4.69) is 21.4 Å². The van der Waals surface area contributed by atoms with Crippen LogP contribution < -0.4 is 11.3 Å². The second kappa shape index (κ2) is 6.54. The van der Waals surface area contributed by atoms with Gasteiger partial charge >= 0.3 is 0 Å². The van der Waals surface area contributed by atoms with Crippen LogP contribution in [0.1, 0.15) is 15.9 Å². The summed E-state index contributed by atoms with van der Waals surface area (Å²) in [4.78, 5) is 14.1. The zero-order valence-corrected chi connectivity index (χ0v) is 12.7. The lowest BCUT2D eigenvalue weighted by Crippen LogP contribution is -2.27. The van der Waals surface area contributed by atoms with Crippen LogP contribution in [0.4, 0.5) is 5.69 Å². The van der Waals surface area contributed by atoms with Gasteiger partial charge in [0.15, 0.2) is 0 Å². The van der Waals surface area contributed by atoms with Crippen molar-refractivity contribution in [3.05, 3.63) is 64.1 Å². The van der Waals surface area contributed by atoms with Crippen molar-refractivity contribution in [3.8, 4) is 0 Å². The van der Waals surface area contributed by atoms with Gasteiger partial charge in [0.05, 0.1) is 11.3 Å². The molecule has 0 aliphatic rings. The van der Waals surface area contributed by atoms with Crippen LogP contribution >= 0.6 is 15.9 Å². The Kier molecular flexibility index (Phi) is 4.76. The van der Waals surface area contributed by atoms with Crippen LogP contribution in [0.25, 0.3) is 0 Å². The Morgan fingerprint density at radius 3 is 2.70 bits per heavy atom. The molecule has 0 heterocycles. The van der Waals surface area contributed by atoms with Gasteiger partial charge in [-0.15, -0.1) is 0 Å². The van der Waals surface area contributed by atoms with Gasteiger partial charge < -0.3 is 10.3 Å². The first kappa shape index (κ1) is 14.6. The monoisotopic (exact) mass is 333 g/mol. The van der Waals surface area contributed by atoms with E-state index < -0.39 is 0 Å². The summed E-state index contributed by atoms with van der Waals surface area (Å²) >= 11 is 3.43. The second-order valence-electron chi connectivity index (χ2n) is 4.48. The van der Waals surface area contributed by atoms with Gasteiger partial charge in [-0.1, -0.05) is 40.2 Å². The minimum atomic E-state index is -0.0708. The molecule has 2 aromatic carbocycles. The Morgan fingerprint density at radius 2 is 2.00 bits per heavy atom. The number of amides is 1. The van der Waals surface area contributed by atoms with Crippen molar-refractivity contribution in [2.75, 3.05) is 12.5 Å². The molecule has 0 aromatic heterocycles. The van der Waals surface area contributed by atoms with E-state index in [0.29, 0.717) is 17.8 Å². The quantitative estimate of drug-likeness (QED) is 0.668. The van der Waals surface area contributed by atoms with E-state index in [1.165, 1.54) is 0 Å². The van der Waals surface area contributed by atoms with E-state index >= 15 is 0 Å². The van der Waals surface area contributed by atoms with Crippen LogP contribution in [0, 0.1) is 0 Å². The zero-order valence-electron chi connectivity index (χ0n) is 11.1. The minimum Gasteiger partial charge on any atom is -0.337 e. The number of carbonyl (C=O) groups excluding carboxylic acids is 1. The molecule has 0 saturated carbocycles. The van der Waals surface area contributed by atoms with Crippen LogP contribution in [0.5, 0.6) is 0 Å². The molecule has 2 aromatic rings. The lowest BCUT2D eigenvalue weighted by molar-refractivity contribution is 0.0786. The summed E-state index contributed by atoms with van der Waals surface area (Å²) in [5, 5.41) is 0. The third-order valence-corrected chi connectivity index (χ3v) is 3.46. The maximum absolute atomic E-state index is 12.4. The van der Waals surface area contributed by atoms with Gasteiger partial charge in [0.2, 0.25) is 0 Å². The normalized spacial score (nSPS) is 10.2. The first-order chi connectivity index (χ1) is 9.61. The SMILES string of the molecule is CN(Cc1cccc(Br)c1)C(=O)c1ccccc1NN. The Labute approximate surface area is 126 Å². The summed E-state index contributed by atoms with van der Waals surface area (Å²) in [7, 11) is 1.77. The summed E-state index contributed by atoms with van der Waals surface area (Å²) in [6.45, 7) is 0.539. The number of nitrogens with two attached hydrogens (primary N) is 1. The van der Waals surface area contributed by atoms with Gasteiger partial charge in [0, 0.05) is 18.1 Å². The smallest absolute Gasteiger partial charge is 0.256 e. The number of benzene rings is 2. The average molecular weight is 334 g/mol. The predicted octanol–water partition coefficient (Wildman–Crippen LogP) is 3.01. The summed E-state index contributed by atoms with van der Waals surface area (Å²) in [6.07, 6.45) is 0. The number of carbonyl (C=O) groups is 1. The molecule has 0 fully saturated rings. The van der Waals surface area contributed by atoms with Gasteiger partial charge in [0.1, 0.15) is 0 Å². The van der Waals surface area contributed by atoms with E-state index in [0.717, 1.165) is 10.0 Å². The molecule has 1 amide bonds. The summed E-state index contributed by atoms with van der Waals surface area (Å²) in [5.41, 5.74) is 4.80. The maximum atomic E-state index is 12.4. The number of anilines is 1. The maximum Gasteiger partial charge on any atom is 0.256 e. The molecule has 0 aliphatic heterocycles. The molecule has 0 bridgehead atoms. The van der Waals surface area contributed by atoms with Crippen molar-refractivity contribution in [1.29, 1.82) is 0 Å². The number of nitrogen functional groups attached to an aromatic ring is 1. The fourth-order valence-electron chi connectivity index (χ4n) is 1.98. The predicted molar refractivity (Wildman–Crippen MR) is 84.2 cm³/mol. The van der Waals surface area contributed by atoms with E-state index in [1.54, 1.807) is 24.1 Å². The van der Waals surface area contributed by atoms with Crippen molar-refractivity contribution in [3.63, 3.8) is 0 Å². The molecule has 0 aliphatic carbocycles. The van der Waals surface area contributed by atoms with Crippen molar-refractivity contribution in [1.82, 2.24) is 4.90 Å². The molecule has 4 nitrogen and oxygen atoms in total. The van der Waals surface area contributed by atoms with Gasteiger partial charge in [-0.05, 0) is 29.8 Å². The molecule has 5 heteroatoms. The summed E-state index contributed by atoms with van der Waals surface area (Å²) in [6, 6.07) is 15.1. The summed E-state index contributed by atoms with van der Waals surface area (Å²) < 4.78 is 1.000. The molecule has 3 N–H and O–H groups in total. The molecule has 0 atom stereocenters. The van der Waals surface area contributed by atoms with E-state index in [-0.39, 0.29) is 5.91 Å². The third-order valence-electron chi connectivity index (χ3n) is 2.97. The van der Waals surface area contributed by atoms with Gasteiger partial charge in [0.25, 0.3) is 5.91 Å². The number of nitrogens with one attached hydrogen (secondary N) is 1. The average Bonchev–Trinajstić information content (AvgIpc) is 2.46. The minimum absolute atomic E-state index is 0.0708.